The van der Waals surface area contributed by atoms with E-state index in [1.54, 1.807) is 0 Å². The predicted octanol–water partition coefficient (Wildman–Crippen LogP) is 22.1. The summed E-state index contributed by atoms with van der Waals surface area (Å²) in [6.07, 6.45) is 86.6. The highest BCUT2D eigenvalue weighted by Crippen LogP contribution is 2.43. The monoisotopic (exact) mass is 1190 g/mol. The Balaban J connectivity index is 5.12. The van der Waals surface area contributed by atoms with E-state index in [1.165, 1.54) is 148 Å². The van der Waals surface area contributed by atoms with Crippen molar-refractivity contribution in [3.8, 4) is 0 Å². The normalized spacial score (nSPS) is 14.2. The Morgan fingerprint density at radius 2 is 0.762 bits per heavy atom. The molecule has 3 atom stereocenters. The van der Waals surface area contributed by atoms with Crippen LogP contribution in [0.15, 0.2) is 109 Å². The largest absolute Gasteiger partial charge is 0.472 e. The first-order valence-corrected chi connectivity index (χ1v) is 36.2. The molecule has 10 heteroatoms. The molecule has 1 amide bonds. The minimum absolute atomic E-state index is 0.0331. The zero-order valence-corrected chi connectivity index (χ0v) is 56.3. The highest BCUT2D eigenvalue weighted by atomic mass is 31.2. The van der Waals surface area contributed by atoms with Gasteiger partial charge in [0.05, 0.1) is 33.8 Å². The average Bonchev–Trinajstić information content (AvgIpc) is 3.64. The van der Waals surface area contributed by atoms with Gasteiger partial charge in [0.15, 0.2) is 0 Å². The Bertz CT molecular complexity index is 1810. The van der Waals surface area contributed by atoms with Crippen molar-refractivity contribution in [1.29, 1.82) is 0 Å². The molecule has 0 aliphatic carbocycles. The fourth-order valence-electron chi connectivity index (χ4n) is 9.62. The number of ether oxygens (including phenoxy) is 1. The Hall–Kier alpha value is -3.33. The van der Waals surface area contributed by atoms with Crippen molar-refractivity contribution < 1.29 is 37.3 Å². The molecular weight excluding hydrogens is 1060 g/mol. The van der Waals surface area contributed by atoms with Crippen molar-refractivity contribution in [2.45, 2.75) is 309 Å². The van der Waals surface area contributed by atoms with Crippen LogP contribution in [0.5, 0.6) is 0 Å². The van der Waals surface area contributed by atoms with E-state index in [0.717, 1.165) is 116 Å². The van der Waals surface area contributed by atoms with Crippen LogP contribution < -0.4 is 5.32 Å². The number of carbonyl (C=O) groups excluding carboxylic acids is 2. The molecule has 9 nitrogen and oxygen atoms in total. The number of phosphoric acid groups is 1. The Morgan fingerprint density at radius 1 is 0.429 bits per heavy atom. The topological polar surface area (TPSA) is 111 Å². The molecule has 0 fully saturated rings. The van der Waals surface area contributed by atoms with Crippen LogP contribution in [0.3, 0.4) is 0 Å². The van der Waals surface area contributed by atoms with E-state index in [4.69, 9.17) is 13.8 Å². The number of esters is 1. The molecule has 0 aromatic heterocycles. The zero-order chi connectivity index (χ0) is 61.4. The Morgan fingerprint density at radius 3 is 1.17 bits per heavy atom. The van der Waals surface area contributed by atoms with E-state index in [2.05, 4.69) is 123 Å². The number of hydrogen-bond donors (Lipinski definition) is 2. The summed E-state index contributed by atoms with van der Waals surface area (Å²) in [6, 6.07) is -0.862. The third kappa shape index (κ3) is 63.2. The van der Waals surface area contributed by atoms with Gasteiger partial charge in [-0.15, -0.1) is 0 Å². The maximum absolute atomic E-state index is 13.6. The van der Waals surface area contributed by atoms with Gasteiger partial charge < -0.3 is 19.4 Å². The SMILES string of the molecule is CC/C=C\C/C=C\C/C=C\C/C=C\C/C=C\C/C=C\CCCCCCCCCCC(=O)NC(COP(=O)(O)OCC[N+](C)(C)C)C(/C=C\CCCCCCCCCCCC)OC(=O)CCCCCCCCCCC/C=C\C/C=C\CCCCC. The van der Waals surface area contributed by atoms with Crippen LogP contribution in [0.4, 0.5) is 0 Å². The number of carbonyl (C=O) groups is 2. The number of rotatable bonds is 62. The molecule has 0 saturated heterocycles. The molecule has 484 valence electrons. The summed E-state index contributed by atoms with van der Waals surface area (Å²) in [5.41, 5.74) is 0. The number of unbranched alkanes of at least 4 members (excludes halogenated alkanes) is 30. The van der Waals surface area contributed by atoms with Crippen LogP contribution in [0.2, 0.25) is 0 Å². The fraction of sp³-hybridized carbons (Fsp3) is 0.730. The van der Waals surface area contributed by atoms with Gasteiger partial charge in [0.1, 0.15) is 19.3 Å². The minimum Gasteiger partial charge on any atom is -0.456 e. The number of amides is 1. The molecular formula is C74H132N2O7P+. The van der Waals surface area contributed by atoms with E-state index in [9.17, 15) is 19.0 Å². The molecule has 0 heterocycles. The second-order valence-electron chi connectivity index (χ2n) is 24.3. The van der Waals surface area contributed by atoms with Crippen LogP contribution in [0.1, 0.15) is 297 Å². The van der Waals surface area contributed by atoms with Crippen LogP contribution in [-0.4, -0.2) is 74.3 Å². The zero-order valence-electron chi connectivity index (χ0n) is 55.4. The molecule has 0 bridgehead atoms. The maximum Gasteiger partial charge on any atom is 0.472 e. The standard InChI is InChI=1S/C74H131N2O7P/c1-7-10-13-16-19-22-25-28-30-32-34-35-36-37-38-39-40-41-43-44-46-48-51-54-57-60-63-66-73(77)75-71(70-82-84(79,80)81-69-68-76(4,5)6)72(65-62-59-56-53-50-27-24-21-18-15-12-9-3)83-74(78)67-64-61-58-55-52-49-47-45-42-33-31-29-26-23-20-17-14-11-8-2/h10,13,19-20,22-23,28-31,34-35,37-38,40-41,62,65,71-72H,7-9,11-12,14-18,21,24-27,32-33,36,39,42-61,63-64,66-70H2,1-6H3,(H-,75,77,79,80)/p+1/b13-10-,22-19-,23-20-,30-28-,31-29-,35-34-,38-37-,41-40-,65-62-. The lowest BCUT2D eigenvalue weighted by Crippen LogP contribution is -2.47. The molecule has 0 spiro atoms. The van der Waals surface area contributed by atoms with E-state index in [1.807, 2.05) is 33.3 Å². The lowest BCUT2D eigenvalue weighted by Gasteiger charge is -2.27. The van der Waals surface area contributed by atoms with Gasteiger partial charge in [0.2, 0.25) is 5.91 Å². The first-order valence-electron chi connectivity index (χ1n) is 34.7. The molecule has 84 heavy (non-hydrogen) atoms. The van der Waals surface area contributed by atoms with Crippen LogP contribution in [0, 0.1) is 0 Å². The van der Waals surface area contributed by atoms with E-state index >= 15 is 0 Å². The van der Waals surface area contributed by atoms with Gasteiger partial charge in [-0.2, -0.15) is 0 Å². The van der Waals surface area contributed by atoms with Gasteiger partial charge in [0.25, 0.3) is 0 Å². The second-order valence-corrected chi connectivity index (χ2v) is 25.8. The van der Waals surface area contributed by atoms with Gasteiger partial charge >= 0.3 is 13.8 Å². The van der Waals surface area contributed by atoms with Crippen LogP contribution in [-0.2, 0) is 27.9 Å². The minimum atomic E-state index is -4.46. The number of likely N-dealkylation sites (N-methyl/N-ethyl adjacent to an activating group) is 1. The molecule has 0 rings (SSSR count). The van der Waals surface area contributed by atoms with E-state index in [-0.39, 0.29) is 31.5 Å². The third-order valence-corrected chi connectivity index (χ3v) is 15.9. The summed E-state index contributed by atoms with van der Waals surface area (Å²) < 4.78 is 30.8. The van der Waals surface area contributed by atoms with E-state index < -0.39 is 20.0 Å². The highest BCUT2D eigenvalue weighted by molar-refractivity contribution is 7.47. The quantitative estimate of drug-likeness (QED) is 0.0205. The molecule has 3 unspecified atom stereocenters. The first kappa shape index (κ1) is 80.7. The van der Waals surface area contributed by atoms with Crippen molar-refractivity contribution in [3.05, 3.63) is 109 Å². The summed E-state index contributed by atoms with van der Waals surface area (Å²) in [5, 5.41) is 3.06. The summed E-state index contributed by atoms with van der Waals surface area (Å²) in [4.78, 5) is 37.9. The van der Waals surface area contributed by atoms with Gasteiger partial charge in [-0.1, -0.05) is 278 Å². The summed E-state index contributed by atoms with van der Waals surface area (Å²) in [7, 11) is 1.48. The molecule has 0 saturated carbocycles. The van der Waals surface area contributed by atoms with Gasteiger partial charge in [-0.05, 0) is 115 Å². The van der Waals surface area contributed by atoms with E-state index in [0.29, 0.717) is 17.4 Å². The Labute approximate surface area is 519 Å². The number of quaternary nitrogens is 1. The molecule has 0 aliphatic heterocycles. The predicted molar refractivity (Wildman–Crippen MR) is 364 cm³/mol. The van der Waals surface area contributed by atoms with Gasteiger partial charge in [0, 0.05) is 12.8 Å². The smallest absolute Gasteiger partial charge is 0.456 e. The van der Waals surface area contributed by atoms with Crippen molar-refractivity contribution in [2.24, 2.45) is 0 Å². The summed E-state index contributed by atoms with van der Waals surface area (Å²) in [6.45, 7) is 6.87. The number of phosphoric ester groups is 1. The van der Waals surface area contributed by atoms with Crippen molar-refractivity contribution in [1.82, 2.24) is 5.32 Å². The number of nitrogens with one attached hydrogen (secondary N) is 1. The highest BCUT2D eigenvalue weighted by Gasteiger charge is 2.30. The maximum atomic E-state index is 13.6. The number of nitrogens with zero attached hydrogens (tertiary/aromatic N) is 1. The van der Waals surface area contributed by atoms with Crippen LogP contribution >= 0.6 is 7.82 Å². The molecule has 0 radical (unpaired) electrons. The summed E-state index contributed by atoms with van der Waals surface area (Å²) in [5.74, 6) is -0.519. The lowest BCUT2D eigenvalue weighted by molar-refractivity contribution is -0.870. The van der Waals surface area contributed by atoms with Crippen molar-refractivity contribution in [3.63, 3.8) is 0 Å². The molecule has 0 aromatic rings. The number of allylic oxidation sites excluding steroid dienone is 17. The van der Waals surface area contributed by atoms with Crippen molar-refractivity contribution >= 4 is 19.7 Å². The summed E-state index contributed by atoms with van der Waals surface area (Å²) >= 11 is 0. The first-order chi connectivity index (χ1) is 40.9. The number of hydrogen-bond acceptors (Lipinski definition) is 6. The van der Waals surface area contributed by atoms with Crippen LogP contribution in [0.25, 0.3) is 0 Å². The lowest BCUT2D eigenvalue weighted by atomic mass is 10.0. The molecule has 2 N–H and O–H groups in total. The fourth-order valence-corrected chi connectivity index (χ4v) is 10.4. The Kier molecular flexibility index (Phi) is 60.2. The third-order valence-electron chi connectivity index (χ3n) is 14.9. The van der Waals surface area contributed by atoms with Gasteiger partial charge in [-0.25, -0.2) is 4.57 Å². The second kappa shape index (κ2) is 62.7. The molecule has 0 aromatic carbocycles. The molecule has 0 aliphatic rings. The average molecular weight is 1190 g/mol. The van der Waals surface area contributed by atoms with Gasteiger partial charge in [-0.3, -0.25) is 18.6 Å². The van der Waals surface area contributed by atoms with Crippen molar-refractivity contribution in [2.75, 3.05) is 40.9 Å².